The van der Waals surface area contributed by atoms with Gasteiger partial charge in [0.15, 0.2) is 0 Å². The Morgan fingerprint density at radius 3 is 2.73 bits per heavy atom. The predicted molar refractivity (Wildman–Crippen MR) is 89.5 cm³/mol. The van der Waals surface area contributed by atoms with E-state index in [1.165, 1.54) is 4.88 Å². The molecule has 2 N–H and O–H groups in total. The zero-order chi connectivity index (χ0) is 15.9. The number of aliphatic carboxylic acids is 1. The van der Waals surface area contributed by atoms with E-state index in [9.17, 15) is 9.59 Å². The van der Waals surface area contributed by atoms with E-state index in [4.69, 9.17) is 5.11 Å². The molecule has 22 heavy (non-hydrogen) atoms. The van der Waals surface area contributed by atoms with Crippen LogP contribution in [0.4, 0.5) is 0 Å². The van der Waals surface area contributed by atoms with Gasteiger partial charge in [0.25, 0.3) is 5.91 Å². The molecule has 0 aliphatic rings. The van der Waals surface area contributed by atoms with Crippen LogP contribution in [0.1, 0.15) is 22.2 Å². The first-order valence-electron chi connectivity index (χ1n) is 6.83. The molecule has 2 aromatic rings. The molecular formula is C16H17NO3S2. The Hall–Kier alpha value is -1.79. The van der Waals surface area contributed by atoms with Crippen LogP contribution in [0.15, 0.2) is 46.7 Å². The monoisotopic (exact) mass is 335 g/mol. The maximum absolute atomic E-state index is 12.2. The molecule has 0 aliphatic heterocycles. The van der Waals surface area contributed by atoms with Gasteiger partial charge in [0.1, 0.15) is 0 Å². The number of carbonyl (C=O) groups excluding carboxylic acids is 1. The van der Waals surface area contributed by atoms with E-state index in [1.807, 2.05) is 29.6 Å². The predicted octanol–water partition coefficient (Wildman–Crippen LogP) is 3.49. The third-order valence-electron chi connectivity index (χ3n) is 3.07. The highest BCUT2D eigenvalue weighted by Crippen LogP contribution is 2.27. The molecule has 0 aliphatic carbocycles. The molecule has 0 fully saturated rings. The van der Waals surface area contributed by atoms with E-state index in [0.29, 0.717) is 5.56 Å². The summed E-state index contributed by atoms with van der Waals surface area (Å²) in [5, 5.41) is 13.6. The lowest BCUT2D eigenvalue weighted by molar-refractivity contribution is -0.140. The second-order valence-electron chi connectivity index (χ2n) is 4.81. The molecule has 4 nitrogen and oxygen atoms in total. The number of benzene rings is 1. The van der Waals surface area contributed by atoms with Gasteiger partial charge in [0, 0.05) is 22.1 Å². The lowest BCUT2D eigenvalue weighted by Crippen LogP contribution is -2.31. The summed E-state index contributed by atoms with van der Waals surface area (Å²) in [6, 6.07) is 11.4. The first kappa shape index (κ1) is 16.6. The van der Waals surface area contributed by atoms with Crippen LogP contribution in [0.3, 0.4) is 0 Å². The van der Waals surface area contributed by atoms with E-state index < -0.39 is 11.9 Å². The molecule has 0 saturated carbocycles. The van der Waals surface area contributed by atoms with Crippen LogP contribution < -0.4 is 5.32 Å². The smallest absolute Gasteiger partial charge is 0.308 e. The van der Waals surface area contributed by atoms with Gasteiger partial charge in [-0.2, -0.15) is 0 Å². The Morgan fingerprint density at radius 2 is 2.05 bits per heavy atom. The van der Waals surface area contributed by atoms with E-state index in [2.05, 4.69) is 11.4 Å². The van der Waals surface area contributed by atoms with Gasteiger partial charge < -0.3 is 10.4 Å². The minimum Gasteiger partial charge on any atom is -0.481 e. The van der Waals surface area contributed by atoms with Gasteiger partial charge in [-0.1, -0.05) is 25.1 Å². The van der Waals surface area contributed by atoms with Gasteiger partial charge >= 0.3 is 5.97 Å². The van der Waals surface area contributed by atoms with E-state index in [1.54, 1.807) is 36.1 Å². The minimum absolute atomic E-state index is 0.123. The number of carboxylic acids is 1. The number of hydrogen-bond acceptors (Lipinski definition) is 4. The van der Waals surface area contributed by atoms with Gasteiger partial charge in [-0.3, -0.25) is 9.59 Å². The Morgan fingerprint density at radius 1 is 1.27 bits per heavy atom. The highest BCUT2D eigenvalue weighted by atomic mass is 32.2. The number of carboxylic acid groups (broad SMARTS) is 1. The van der Waals surface area contributed by atoms with Crippen molar-refractivity contribution < 1.29 is 14.7 Å². The van der Waals surface area contributed by atoms with E-state index in [-0.39, 0.29) is 12.5 Å². The molecule has 0 radical (unpaired) electrons. The van der Waals surface area contributed by atoms with Crippen molar-refractivity contribution >= 4 is 35.0 Å². The molecule has 2 rings (SSSR count). The molecule has 0 bridgehead atoms. The maximum atomic E-state index is 12.2. The van der Waals surface area contributed by atoms with Crippen LogP contribution in [-0.2, 0) is 10.5 Å². The van der Waals surface area contributed by atoms with Gasteiger partial charge in [0.2, 0.25) is 0 Å². The van der Waals surface area contributed by atoms with Gasteiger partial charge in [-0.05, 0) is 23.6 Å². The third-order valence-corrected chi connectivity index (χ3v) is 5.25. The van der Waals surface area contributed by atoms with Gasteiger partial charge in [-0.25, -0.2) is 0 Å². The average Bonchev–Trinajstić information content (AvgIpc) is 3.03. The van der Waals surface area contributed by atoms with Crippen molar-refractivity contribution in [1.29, 1.82) is 0 Å². The number of nitrogens with one attached hydrogen (secondary N) is 1. The number of carbonyl (C=O) groups is 2. The second kappa shape index (κ2) is 8.00. The maximum Gasteiger partial charge on any atom is 0.308 e. The molecular weight excluding hydrogens is 318 g/mol. The van der Waals surface area contributed by atoms with Crippen molar-refractivity contribution in [2.24, 2.45) is 5.92 Å². The van der Waals surface area contributed by atoms with Crippen LogP contribution in [-0.4, -0.2) is 23.5 Å². The van der Waals surface area contributed by atoms with Gasteiger partial charge in [0.05, 0.1) is 11.5 Å². The largest absolute Gasteiger partial charge is 0.481 e. The van der Waals surface area contributed by atoms with Crippen LogP contribution in [0.25, 0.3) is 0 Å². The van der Waals surface area contributed by atoms with Crippen molar-refractivity contribution in [1.82, 2.24) is 5.32 Å². The SMILES string of the molecule is CC(CNC(=O)c1ccccc1SCc1cccs1)C(=O)O. The van der Waals surface area contributed by atoms with Crippen molar-refractivity contribution in [3.05, 3.63) is 52.2 Å². The quantitative estimate of drug-likeness (QED) is 0.760. The molecule has 0 saturated heterocycles. The van der Waals surface area contributed by atoms with Crippen LogP contribution in [0, 0.1) is 5.92 Å². The number of thioether (sulfide) groups is 1. The highest BCUT2D eigenvalue weighted by Gasteiger charge is 2.15. The summed E-state index contributed by atoms with van der Waals surface area (Å²) in [6.45, 7) is 1.69. The molecule has 116 valence electrons. The summed E-state index contributed by atoms with van der Waals surface area (Å²) in [5.74, 6) is -0.939. The molecule has 1 atom stereocenters. The molecule has 1 amide bonds. The fourth-order valence-electron chi connectivity index (χ4n) is 1.75. The lowest BCUT2D eigenvalue weighted by atomic mass is 10.1. The minimum atomic E-state index is -0.916. The fraction of sp³-hybridized carbons (Fsp3) is 0.250. The van der Waals surface area contributed by atoms with E-state index in [0.717, 1.165) is 10.6 Å². The zero-order valence-electron chi connectivity index (χ0n) is 12.1. The number of hydrogen-bond donors (Lipinski definition) is 2. The molecule has 1 aromatic heterocycles. The second-order valence-corrected chi connectivity index (χ2v) is 6.86. The average molecular weight is 335 g/mol. The lowest BCUT2D eigenvalue weighted by Gasteiger charge is -2.11. The normalized spacial score (nSPS) is 11.9. The van der Waals surface area contributed by atoms with Crippen LogP contribution >= 0.6 is 23.1 Å². The zero-order valence-corrected chi connectivity index (χ0v) is 13.7. The molecule has 1 unspecified atom stereocenters. The molecule has 1 aromatic carbocycles. The summed E-state index contributed by atoms with van der Waals surface area (Å²) < 4.78 is 0. The van der Waals surface area contributed by atoms with Crippen molar-refractivity contribution in [2.75, 3.05) is 6.54 Å². The Labute approximate surface area is 137 Å². The third kappa shape index (κ3) is 4.61. The number of amides is 1. The first-order chi connectivity index (χ1) is 10.6. The summed E-state index contributed by atoms with van der Waals surface area (Å²) in [5.41, 5.74) is 0.585. The molecule has 0 spiro atoms. The molecule has 1 heterocycles. The van der Waals surface area contributed by atoms with Crippen LogP contribution in [0.2, 0.25) is 0 Å². The van der Waals surface area contributed by atoms with Gasteiger partial charge in [-0.15, -0.1) is 23.1 Å². The summed E-state index contributed by atoms with van der Waals surface area (Å²) in [7, 11) is 0. The topological polar surface area (TPSA) is 66.4 Å². The number of thiophene rings is 1. The Kier molecular flexibility index (Phi) is 6.03. The van der Waals surface area contributed by atoms with Crippen molar-refractivity contribution in [3.63, 3.8) is 0 Å². The highest BCUT2D eigenvalue weighted by molar-refractivity contribution is 7.98. The van der Waals surface area contributed by atoms with Crippen molar-refractivity contribution in [2.45, 2.75) is 17.6 Å². The molecule has 6 heteroatoms. The fourth-order valence-corrected chi connectivity index (χ4v) is 3.58. The summed E-state index contributed by atoms with van der Waals surface area (Å²) >= 11 is 3.29. The van der Waals surface area contributed by atoms with Crippen molar-refractivity contribution in [3.8, 4) is 0 Å². The van der Waals surface area contributed by atoms with Crippen LogP contribution in [0.5, 0.6) is 0 Å². The Balaban J connectivity index is 2.00. The Bertz CT molecular complexity index is 641. The van der Waals surface area contributed by atoms with E-state index >= 15 is 0 Å². The summed E-state index contributed by atoms with van der Waals surface area (Å²) in [6.07, 6.45) is 0. The number of rotatable bonds is 7. The standard InChI is InChI=1S/C16H17NO3S2/c1-11(16(19)20)9-17-15(18)13-6-2-3-7-14(13)22-10-12-5-4-8-21-12/h2-8,11H,9-10H2,1H3,(H,17,18)(H,19,20). The summed E-state index contributed by atoms with van der Waals surface area (Å²) in [4.78, 5) is 25.2. The first-order valence-corrected chi connectivity index (χ1v) is 8.69.